The fourth-order valence-electron chi connectivity index (χ4n) is 2.15. The van der Waals surface area contributed by atoms with E-state index in [-0.39, 0.29) is 12.1 Å². The molecule has 15 heteroatoms. The van der Waals surface area contributed by atoms with Crippen LogP contribution in [0.15, 0.2) is 30.3 Å². The highest BCUT2D eigenvalue weighted by molar-refractivity contribution is 6.12. The summed E-state index contributed by atoms with van der Waals surface area (Å²) in [5, 5.41) is 27.3. The minimum atomic E-state index is -5.26. The van der Waals surface area contributed by atoms with E-state index in [0.29, 0.717) is 18.2 Å². The van der Waals surface area contributed by atoms with E-state index >= 15 is 0 Å². The van der Waals surface area contributed by atoms with Crippen molar-refractivity contribution in [1.82, 2.24) is 0 Å². The Bertz CT molecular complexity index is 984. The first-order chi connectivity index (χ1) is 14.0. The first-order valence-electron chi connectivity index (χ1n) is 7.60. The number of carbonyl (C=O) groups is 1. The van der Waals surface area contributed by atoms with Gasteiger partial charge in [0.2, 0.25) is 7.85 Å². The van der Waals surface area contributed by atoms with Gasteiger partial charge in [0, 0.05) is 6.07 Å². The van der Waals surface area contributed by atoms with Crippen LogP contribution < -0.4 is 14.2 Å². The Balaban J connectivity index is 2.59. The third kappa shape index (κ3) is 6.65. The number of aliphatic hydroxyl groups is 2. The number of hydrogen-bond acceptors (Lipinski definition) is 6. The van der Waals surface area contributed by atoms with Gasteiger partial charge in [-0.15, -0.1) is 13.2 Å². The van der Waals surface area contributed by atoms with Gasteiger partial charge < -0.3 is 29.5 Å². The molecule has 3 N–H and O–H groups in total. The average Bonchev–Trinajstić information content (AvgIpc) is 2.54. The lowest BCUT2D eigenvalue weighted by atomic mass is 10.1. The van der Waals surface area contributed by atoms with Crippen LogP contribution in [0.2, 0.25) is 0 Å². The van der Waals surface area contributed by atoms with Gasteiger partial charge in [-0.25, -0.2) is 9.18 Å². The molecule has 0 spiro atoms. The monoisotopic (exact) mass is 456 g/mol. The number of carboxylic acids is 1. The van der Waals surface area contributed by atoms with Crippen molar-refractivity contribution in [2.45, 2.75) is 18.4 Å². The Labute approximate surface area is 168 Å². The lowest BCUT2D eigenvalue weighted by Gasteiger charge is -2.22. The maximum Gasteiger partial charge on any atom is 0.573 e. The van der Waals surface area contributed by atoms with Crippen molar-refractivity contribution in [3.05, 3.63) is 47.3 Å². The van der Waals surface area contributed by atoms with Crippen molar-refractivity contribution in [1.29, 1.82) is 0 Å². The number of benzene rings is 2. The number of hydrogen-bond donors (Lipinski definition) is 3. The van der Waals surface area contributed by atoms with E-state index in [9.17, 15) is 35.5 Å². The Morgan fingerprint density at radius 2 is 1.52 bits per heavy atom. The molecule has 2 aromatic carbocycles. The van der Waals surface area contributed by atoms with Gasteiger partial charge in [-0.05, 0) is 24.3 Å². The molecule has 0 unspecified atom stereocenters. The molecule has 0 saturated carbocycles. The molecule has 0 aromatic heterocycles. The summed E-state index contributed by atoms with van der Waals surface area (Å²) in [5.41, 5.74) is -3.01. The highest BCUT2D eigenvalue weighted by Crippen LogP contribution is 2.41. The van der Waals surface area contributed by atoms with E-state index in [1.807, 2.05) is 0 Å². The van der Waals surface area contributed by atoms with E-state index < -0.39 is 64.3 Å². The minimum Gasteiger partial charge on any atom is -0.478 e. The molecule has 2 aromatic rings. The Morgan fingerprint density at radius 3 is 2.00 bits per heavy atom. The van der Waals surface area contributed by atoms with Gasteiger partial charge in [0.15, 0.2) is 11.5 Å². The largest absolute Gasteiger partial charge is 0.573 e. The predicted octanol–water partition coefficient (Wildman–Crippen LogP) is 3.38. The number of ether oxygens (including phenoxy) is 3. The van der Waals surface area contributed by atoms with Crippen LogP contribution in [0.25, 0.3) is 0 Å². The molecule has 0 fully saturated rings. The fraction of sp³-hybridized carbons (Fsp3) is 0.188. The molecule has 0 heterocycles. The van der Waals surface area contributed by atoms with Crippen molar-refractivity contribution < 1.29 is 65.1 Å². The molecule has 166 valence electrons. The number of rotatable bonds is 6. The van der Waals surface area contributed by atoms with Gasteiger partial charge in [0.1, 0.15) is 22.9 Å². The summed E-state index contributed by atoms with van der Waals surface area (Å²) in [4.78, 5) is 11.2. The van der Waals surface area contributed by atoms with Crippen LogP contribution in [0, 0.1) is 5.82 Å². The molecule has 0 aliphatic carbocycles. The molecule has 0 atom stereocenters. The average molecular weight is 456 g/mol. The van der Waals surface area contributed by atoms with Crippen LogP contribution in [0.4, 0.5) is 30.7 Å². The molecule has 0 aliphatic heterocycles. The molecular weight excluding hydrogens is 448 g/mol. The molecule has 0 amide bonds. The second-order valence-electron chi connectivity index (χ2n) is 5.65. The first kappa shape index (κ1) is 24.1. The summed E-state index contributed by atoms with van der Waals surface area (Å²) in [7, 11) is 4.76. The van der Waals surface area contributed by atoms with Gasteiger partial charge in [0.25, 0.3) is 5.87 Å². The third-order valence-corrected chi connectivity index (χ3v) is 3.23. The quantitative estimate of drug-likeness (QED) is 0.348. The SMILES string of the molecule is [B]C(O)(O)Oc1cc(OC(F)(F)F)ccc1Oc1cc(C(F)(F)F)c(F)cc1C(=O)O. The van der Waals surface area contributed by atoms with Crippen molar-refractivity contribution in [2.24, 2.45) is 0 Å². The highest BCUT2D eigenvalue weighted by atomic mass is 19.4. The van der Waals surface area contributed by atoms with E-state index in [2.05, 4.69) is 9.47 Å². The summed E-state index contributed by atoms with van der Waals surface area (Å²) in [5.74, 6) is -11.3. The summed E-state index contributed by atoms with van der Waals surface area (Å²) in [6.45, 7) is 0. The highest BCUT2D eigenvalue weighted by Gasteiger charge is 2.36. The van der Waals surface area contributed by atoms with Crippen LogP contribution in [0.3, 0.4) is 0 Å². The smallest absolute Gasteiger partial charge is 0.478 e. The van der Waals surface area contributed by atoms with Gasteiger partial charge in [-0.3, -0.25) is 0 Å². The fourth-order valence-corrected chi connectivity index (χ4v) is 2.15. The van der Waals surface area contributed by atoms with Crippen molar-refractivity contribution in [2.75, 3.05) is 0 Å². The number of alkyl halides is 6. The van der Waals surface area contributed by atoms with Crippen LogP contribution in [-0.2, 0) is 6.18 Å². The van der Waals surface area contributed by atoms with Gasteiger partial charge in [-0.2, -0.15) is 13.2 Å². The van der Waals surface area contributed by atoms with Crippen molar-refractivity contribution in [3.8, 4) is 23.0 Å². The Morgan fingerprint density at radius 1 is 0.903 bits per heavy atom. The van der Waals surface area contributed by atoms with Crippen LogP contribution in [-0.4, -0.2) is 41.4 Å². The van der Waals surface area contributed by atoms with Gasteiger partial charge in [0.05, 0.1) is 5.56 Å². The van der Waals surface area contributed by atoms with Crippen molar-refractivity contribution >= 4 is 13.8 Å². The number of halogens is 7. The number of aromatic carboxylic acids is 1. The molecular formula is C16H8BF7O7. The molecule has 0 saturated heterocycles. The van der Waals surface area contributed by atoms with Crippen LogP contribution in [0.1, 0.15) is 15.9 Å². The second kappa shape index (κ2) is 8.15. The summed E-state index contributed by atoms with van der Waals surface area (Å²) in [6, 6.07) is 1.54. The summed E-state index contributed by atoms with van der Waals surface area (Å²) in [6.07, 6.45) is -10.4. The molecule has 7 nitrogen and oxygen atoms in total. The molecule has 2 rings (SSSR count). The first-order valence-corrected chi connectivity index (χ1v) is 7.60. The van der Waals surface area contributed by atoms with Gasteiger partial charge in [-0.1, -0.05) is 0 Å². The standard InChI is InChI=1S/C16H8BF7O7/c17-15(27,28)31-12-3-6(30-16(22,23)24)1-2-10(12)29-11-5-8(14(19,20)21)9(18)4-7(11)13(25)26/h1-5,27-28H,(H,25,26). The Kier molecular flexibility index (Phi) is 6.33. The van der Waals surface area contributed by atoms with E-state index in [1.54, 1.807) is 0 Å². The maximum atomic E-state index is 13.7. The van der Waals surface area contributed by atoms with E-state index in [0.717, 1.165) is 0 Å². The molecule has 31 heavy (non-hydrogen) atoms. The zero-order chi connectivity index (χ0) is 23.8. The number of carboxylic acid groups (broad SMARTS) is 1. The summed E-state index contributed by atoms with van der Waals surface area (Å²) < 4.78 is 102. The zero-order valence-corrected chi connectivity index (χ0v) is 14.6. The maximum absolute atomic E-state index is 13.7. The lowest BCUT2D eigenvalue weighted by molar-refractivity contribution is -0.274. The normalized spacial score (nSPS) is 12.4. The van der Waals surface area contributed by atoms with Crippen LogP contribution in [0.5, 0.6) is 23.0 Å². The minimum absolute atomic E-state index is 0.00741. The molecule has 0 aliphatic rings. The van der Waals surface area contributed by atoms with E-state index in [1.165, 1.54) is 0 Å². The van der Waals surface area contributed by atoms with Gasteiger partial charge >= 0.3 is 18.5 Å². The van der Waals surface area contributed by atoms with Crippen LogP contribution >= 0.6 is 0 Å². The topological polar surface area (TPSA) is 105 Å². The molecule has 2 radical (unpaired) electrons. The third-order valence-electron chi connectivity index (χ3n) is 3.23. The van der Waals surface area contributed by atoms with Crippen molar-refractivity contribution in [3.63, 3.8) is 0 Å². The van der Waals surface area contributed by atoms with E-state index in [4.69, 9.17) is 27.9 Å². The zero-order valence-electron chi connectivity index (χ0n) is 14.6. The Hall–Kier alpha value is -3.20. The summed E-state index contributed by atoms with van der Waals surface area (Å²) >= 11 is 0. The second-order valence-corrected chi connectivity index (χ2v) is 5.65. The molecule has 0 bridgehead atoms. The predicted molar refractivity (Wildman–Crippen MR) is 85.1 cm³/mol. The lowest BCUT2D eigenvalue weighted by Crippen LogP contribution is -2.35.